The van der Waals surface area contributed by atoms with Gasteiger partial charge in [0.15, 0.2) is 0 Å². The predicted octanol–water partition coefficient (Wildman–Crippen LogP) is 2.63. The first kappa shape index (κ1) is 28.7. The number of rotatable bonds is 15. The third-order valence-corrected chi connectivity index (χ3v) is 6.26. The zero-order valence-corrected chi connectivity index (χ0v) is 21.2. The molecular weight excluding hydrogens is 420 g/mol. The number of hydrogen-bond donors (Lipinski definition) is 2. The first-order valence-corrected chi connectivity index (χ1v) is 12.4. The minimum Gasteiger partial charge on any atom is -0.354 e. The fraction of sp³-hybridized carbons (Fsp3) is 0.760. The molecule has 8 heteroatoms. The minimum absolute atomic E-state index is 0.0742. The highest BCUT2D eigenvalue weighted by atomic mass is 16.2. The van der Waals surface area contributed by atoms with Gasteiger partial charge in [0.25, 0.3) is 0 Å². The lowest BCUT2D eigenvalue weighted by atomic mass is 9.99. The Morgan fingerprint density at radius 2 is 1.79 bits per heavy atom. The molecule has 0 unspecified atom stereocenters. The molecular formula is C25H44N4O4. The van der Waals surface area contributed by atoms with Crippen LogP contribution in [0.15, 0.2) is 11.6 Å². The van der Waals surface area contributed by atoms with Crippen molar-refractivity contribution in [1.29, 1.82) is 0 Å². The summed E-state index contributed by atoms with van der Waals surface area (Å²) >= 11 is 0. The second-order valence-corrected chi connectivity index (χ2v) is 9.30. The average Bonchev–Trinajstić information content (AvgIpc) is 3.28. The molecule has 0 aromatic rings. The third kappa shape index (κ3) is 9.56. The molecule has 2 N–H and O–H groups in total. The number of likely N-dealkylation sites (N-methyl/N-ethyl adjacent to an activating group) is 1. The zero-order valence-electron chi connectivity index (χ0n) is 21.2. The molecule has 0 spiro atoms. The van der Waals surface area contributed by atoms with Crippen LogP contribution in [-0.2, 0) is 19.2 Å². The van der Waals surface area contributed by atoms with Gasteiger partial charge in [0.05, 0.1) is 12.6 Å². The van der Waals surface area contributed by atoms with Crippen LogP contribution in [0.2, 0.25) is 0 Å². The Bertz CT molecular complexity index is 677. The van der Waals surface area contributed by atoms with E-state index >= 15 is 0 Å². The van der Waals surface area contributed by atoms with Crippen LogP contribution in [0.3, 0.4) is 0 Å². The van der Waals surface area contributed by atoms with Gasteiger partial charge in [-0.3, -0.25) is 19.2 Å². The number of nitrogens with zero attached hydrogens (tertiary/aromatic N) is 2. The van der Waals surface area contributed by atoms with Crippen molar-refractivity contribution in [3.8, 4) is 0 Å². The number of hydrogen-bond acceptors (Lipinski definition) is 4. The van der Waals surface area contributed by atoms with Crippen molar-refractivity contribution >= 4 is 24.1 Å². The molecule has 0 aliphatic carbocycles. The number of amides is 4. The van der Waals surface area contributed by atoms with Crippen molar-refractivity contribution in [2.75, 3.05) is 26.7 Å². The molecule has 0 saturated carbocycles. The van der Waals surface area contributed by atoms with Crippen molar-refractivity contribution in [1.82, 2.24) is 20.4 Å². The smallest absolute Gasteiger partial charge is 0.249 e. The summed E-state index contributed by atoms with van der Waals surface area (Å²) in [5, 5.41) is 5.39. The van der Waals surface area contributed by atoms with Gasteiger partial charge in [-0.1, -0.05) is 59.0 Å². The van der Waals surface area contributed by atoms with E-state index in [1.807, 2.05) is 13.8 Å². The first-order chi connectivity index (χ1) is 15.7. The van der Waals surface area contributed by atoms with Gasteiger partial charge in [-0.05, 0) is 32.1 Å². The topological polar surface area (TPSA) is 98.8 Å². The third-order valence-electron chi connectivity index (χ3n) is 6.26. The van der Waals surface area contributed by atoms with E-state index in [0.717, 1.165) is 19.3 Å². The maximum Gasteiger partial charge on any atom is 0.249 e. The van der Waals surface area contributed by atoms with Crippen LogP contribution in [0.5, 0.6) is 0 Å². The van der Waals surface area contributed by atoms with E-state index in [1.54, 1.807) is 29.8 Å². The Labute approximate surface area is 199 Å². The van der Waals surface area contributed by atoms with Crippen LogP contribution in [0.4, 0.5) is 0 Å². The molecule has 188 valence electrons. The van der Waals surface area contributed by atoms with E-state index < -0.39 is 6.04 Å². The van der Waals surface area contributed by atoms with Crippen molar-refractivity contribution in [3.05, 3.63) is 11.6 Å². The van der Waals surface area contributed by atoms with E-state index in [-0.39, 0.29) is 36.2 Å². The van der Waals surface area contributed by atoms with Gasteiger partial charge < -0.3 is 20.4 Å². The predicted molar refractivity (Wildman–Crippen MR) is 130 cm³/mol. The molecule has 33 heavy (non-hydrogen) atoms. The molecule has 1 aliphatic heterocycles. The average molecular weight is 465 g/mol. The van der Waals surface area contributed by atoms with Crippen LogP contribution in [0.25, 0.3) is 0 Å². The van der Waals surface area contributed by atoms with Crippen LogP contribution >= 0.6 is 0 Å². The number of likely N-dealkylation sites (tertiary alicyclic amines) is 1. The van der Waals surface area contributed by atoms with E-state index in [4.69, 9.17) is 0 Å². The Balaban J connectivity index is 2.70. The Hall–Kier alpha value is -2.38. The fourth-order valence-electron chi connectivity index (χ4n) is 4.24. The highest BCUT2D eigenvalue weighted by Crippen LogP contribution is 2.21. The number of carbonyl (C=O) groups is 4. The van der Waals surface area contributed by atoms with E-state index in [9.17, 15) is 19.2 Å². The summed E-state index contributed by atoms with van der Waals surface area (Å²) in [5.41, 5.74) is 0.521. The van der Waals surface area contributed by atoms with Gasteiger partial charge in [0.1, 0.15) is 6.04 Å². The molecule has 0 bridgehead atoms. The minimum atomic E-state index is -0.436. The second kappa shape index (κ2) is 15.5. The zero-order chi connectivity index (χ0) is 24.8. The van der Waals surface area contributed by atoms with Gasteiger partial charge >= 0.3 is 0 Å². The second-order valence-electron chi connectivity index (χ2n) is 9.30. The normalized spacial score (nSPS) is 17.1. The molecule has 0 aromatic heterocycles. The summed E-state index contributed by atoms with van der Waals surface area (Å²) in [7, 11) is 1.67. The van der Waals surface area contributed by atoms with Crippen molar-refractivity contribution in [2.24, 2.45) is 5.92 Å². The number of carbonyl (C=O) groups excluding carboxylic acids is 4. The maximum atomic E-state index is 13.2. The molecule has 1 fully saturated rings. The molecule has 0 aromatic carbocycles. The van der Waals surface area contributed by atoms with Gasteiger partial charge in [-0.15, -0.1) is 0 Å². The lowest BCUT2D eigenvalue weighted by molar-refractivity contribution is -0.135. The molecule has 1 rings (SSSR count). The largest absolute Gasteiger partial charge is 0.354 e. The van der Waals surface area contributed by atoms with Gasteiger partial charge in [-0.25, -0.2) is 0 Å². The lowest BCUT2D eigenvalue weighted by Crippen LogP contribution is -2.47. The van der Waals surface area contributed by atoms with Crippen LogP contribution in [-0.4, -0.2) is 72.7 Å². The molecule has 4 amide bonds. The first-order valence-electron chi connectivity index (χ1n) is 12.4. The lowest BCUT2D eigenvalue weighted by Gasteiger charge is -2.30. The summed E-state index contributed by atoms with van der Waals surface area (Å²) in [4.78, 5) is 51.9. The molecule has 1 saturated heterocycles. The Morgan fingerprint density at radius 1 is 1.12 bits per heavy atom. The van der Waals surface area contributed by atoms with Crippen LogP contribution in [0.1, 0.15) is 79.1 Å². The molecule has 8 nitrogen and oxygen atoms in total. The summed E-state index contributed by atoms with van der Waals surface area (Å²) in [6.45, 7) is 9.01. The van der Waals surface area contributed by atoms with Crippen molar-refractivity contribution < 1.29 is 19.2 Å². The van der Waals surface area contributed by atoms with Crippen molar-refractivity contribution in [3.63, 3.8) is 0 Å². The highest BCUT2D eigenvalue weighted by Gasteiger charge is 2.34. The maximum absolute atomic E-state index is 13.2. The van der Waals surface area contributed by atoms with E-state index in [1.165, 1.54) is 25.7 Å². The molecule has 1 aliphatic rings. The molecule has 1 heterocycles. The van der Waals surface area contributed by atoms with Crippen molar-refractivity contribution in [2.45, 2.75) is 91.1 Å². The van der Waals surface area contributed by atoms with Gasteiger partial charge in [0.2, 0.25) is 24.1 Å². The van der Waals surface area contributed by atoms with Gasteiger partial charge in [-0.2, -0.15) is 0 Å². The quantitative estimate of drug-likeness (QED) is 0.221. The number of nitrogens with one attached hydrogen (secondary N) is 2. The summed E-state index contributed by atoms with van der Waals surface area (Å²) < 4.78 is 0. The monoisotopic (exact) mass is 464 g/mol. The Morgan fingerprint density at radius 3 is 2.42 bits per heavy atom. The van der Waals surface area contributed by atoms with E-state index in [2.05, 4.69) is 17.6 Å². The van der Waals surface area contributed by atoms with E-state index in [0.29, 0.717) is 31.5 Å². The van der Waals surface area contributed by atoms with Gasteiger partial charge in [0, 0.05) is 25.7 Å². The summed E-state index contributed by atoms with van der Waals surface area (Å²) in [6.07, 6.45) is 10.8. The summed E-state index contributed by atoms with van der Waals surface area (Å²) in [6, 6.07) is -0.730. The van der Waals surface area contributed by atoms with Crippen LogP contribution in [0, 0.1) is 5.92 Å². The highest BCUT2D eigenvalue weighted by molar-refractivity contribution is 5.97. The molecule has 0 radical (unpaired) electrons. The SMILES string of the molecule is CCCCCCCCNC(=O)[C@@H]1CCCN1C(=O)/C(C)=C/[C@H](C(C)C)N(C)C(=O)CNC=O. The molecule has 2 atom stereocenters. The standard InChI is InChI=1S/C25H44N4O4/c1-6-7-8-9-10-11-14-27-24(32)21-13-12-15-29(21)25(33)20(4)16-22(19(2)3)28(5)23(31)17-26-18-30/h16,18-19,21-22H,6-15,17H2,1-5H3,(H,26,30)(H,27,32)/b20-16+/t21-,22+/m0/s1. The fourth-order valence-corrected chi connectivity index (χ4v) is 4.24. The van der Waals surface area contributed by atoms with Crippen LogP contribution < -0.4 is 10.6 Å². The Kier molecular flexibility index (Phi) is 13.4. The summed E-state index contributed by atoms with van der Waals surface area (Å²) in [5.74, 6) is -0.391. The number of unbranched alkanes of at least 4 members (excludes halogenated alkanes) is 5.